The van der Waals surface area contributed by atoms with E-state index in [-0.39, 0.29) is 18.3 Å². The number of benzene rings is 2. The highest BCUT2D eigenvalue weighted by molar-refractivity contribution is 7.99. The lowest BCUT2D eigenvalue weighted by Gasteiger charge is -2.12. The van der Waals surface area contributed by atoms with Crippen LogP contribution in [-0.2, 0) is 11.4 Å². The Labute approximate surface area is 190 Å². The third-order valence-electron chi connectivity index (χ3n) is 4.06. The second-order valence-electron chi connectivity index (χ2n) is 6.29. The summed E-state index contributed by atoms with van der Waals surface area (Å²) in [5.41, 5.74) is 0.827. The Morgan fingerprint density at radius 3 is 2.45 bits per heavy atom. The van der Waals surface area contributed by atoms with Crippen molar-refractivity contribution in [2.24, 2.45) is 0 Å². The van der Waals surface area contributed by atoms with Crippen LogP contribution in [0, 0.1) is 0 Å². The molecule has 1 heterocycles. The maximum absolute atomic E-state index is 12.0. The van der Waals surface area contributed by atoms with Gasteiger partial charge in [0.15, 0.2) is 11.0 Å². The number of hydrogen-bond donors (Lipinski definition) is 1. The second kappa shape index (κ2) is 11.4. The van der Waals surface area contributed by atoms with Crippen LogP contribution in [0.1, 0.15) is 12.7 Å². The van der Waals surface area contributed by atoms with Crippen molar-refractivity contribution in [1.82, 2.24) is 20.1 Å². The fourth-order valence-corrected chi connectivity index (χ4v) is 3.58. The molecule has 0 saturated heterocycles. The van der Waals surface area contributed by atoms with Gasteiger partial charge in [-0.2, -0.15) is 0 Å². The molecule has 31 heavy (non-hydrogen) atoms. The highest BCUT2D eigenvalue weighted by Gasteiger charge is 2.16. The summed E-state index contributed by atoms with van der Waals surface area (Å²) in [7, 11) is 0. The fraction of sp³-hybridized carbons (Fsp3) is 0.227. The summed E-state index contributed by atoms with van der Waals surface area (Å²) in [5, 5.41) is 12.5. The molecule has 9 heteroatoms. The molecule has 0 fully saturated rings. The van der Waals surface area contributed by atoms with E-state index in [1.165, 1.54) is 11.8 Å². The van der Waals surface area contributed by atoms with Gasteiger partial charge in [-0.05, 0) is 55.5 Å². The van der Waals surface area contributed by atoms with Crippen molar-refractivity contribution >= 4 is 29.3 Å². The van der Waals surface area contributed by atoms with Crippen LogP contribution in [0.2, 0.25) is 5.02 Å². The molecule has 2 aromatic carbocycles. The number of nitrogens with one attached hydrogen (secondary N) is 1. The lowest BCUT2D eigenvalue weighted by atomic mass is 10.3. The van der Waals surface area contributed by atoms with Crippen molar-refractivity contribution in [1.29, 1.82) is 0 Å². The number of hydrogen-bond acceptors (Lipinski definition) is 6. The number of carbonyl (C=O) groups excluding carboxylic acids is 1. The summed E-state index contributed by atoms with van der Waals surface area (Å²) in [5.74, 6) is 2.17. The first-order valence-electron chi connectivity index (χ1n) is 9.67. The van der Waals surface area contributed by atoms with Gasteiger partial charge in [-0.15, -0.1) is 16.8 Å². The van der Waals surface area contributed by atoms with Crippen molar-refractivity contribution in [3.8, 4) is 17.2 Å². The average molecular weight is 459 g/mol. The number of carbonyl (C=O) groups is 1. The highest BCUT2D eigenvalue weighted by Crippen LogP contribution is 2.25. The van der Waals surface area contributed by atoms with Gasteiger partial charge in [-0.3, -0.25) is 9.36 Å². The van der Waals surface area contributed by atoms with Gasteiger partial charge in [0.1, 0.15) is 18.1 Å². The van der Waals surface area contributed by atoms with Crippen LogP contribution in [0.15, 0.2) is 66.3 Å². The molecule has 0 unspecified atom stereocenters. The maximum Gasteiger partial charge on any atom is 0.230 e. The van der Waals surface area contributed by atoms with E-state index >= 15 is 0 Å². The average Bonchev–Trinajstić information content (AvgIpc) is 3.19. The Bertz CT molecular complexity index is 1010. The van der Waals surface area contributed by atoms with Crippen LogP contribution >= 0.6 is 23.4 Å². The van der Waals surface area contributed by atoms with Gasteiger partial charge in [0, 0.05) is 17.3 Å². The molecule has 0 aliphatic heterocycles. The number of amides is 1. The smallest absolute Gasteiger partial charge is 0.230 e. The van der Waals surface area contributed by atoms with Crippen molar-refractivity contribution in [3.05, 3.63) is 72.0 Å². The SMILES string of the molecule is C=CCNC(=O)CSc1nnc(COc2ccc(OCC)cc2)n1-c1ccc(Cl)cc1. The maximum atomic E-state index is 12.0. The normalized spacial score (nSPS) is 10.5. The molecule has 3 aromatic rings. The van der Waals surface area contributed by atoms with E-state index in [1.54, 1.807) is 18.2 Å². The first kappa shape index (κ1) is 22.7. The third kappa shape index (κ3) is 6.50. The second-order valence-corrected chi connectivity index (χ2v) is 7.66. The summed E-state index contributed by atoms with van der Waals surface area (Å²) in [6, 6.07) is 14.7. The summed E-state index contributed by atoms with van der Waals surface area (Å²) in [6.45, 7) is 6.76. The molecule has 162 valence electrons. The van der Waals surface area contributed by atoms with Gasteiger partial charge < -0.3 is 14.8 Å². The molecule has 0 bridgehead atoms. The van der Waals surface area contributed by atoms with Gasteiger partial charge >= 0.3 is 0 Å². The van der Waals surface area contributed by atoms with E-state index in [1.807, 2.05) is 47.9 Å². The Balaban J connectivity index is 1.77. The van der Waals surface area contributed by atoms with E-state index in [9.17, 15) is 4.79 Å². The van der Waals surface area contributed by atoms with Gasteiger partial charge in [-0.1, -0.05) is 29.4 Å². The zero-order valence-electron chi connectivity index (χ0n) is 17.1. The minimum atomic E-state index is -0.109. The number of aromatic nitrogens is 3. The van der Waals surface area contributed by atoms with E-state index in [0.717, 1.165) is 11.4 Å². The zero-order valence-corrected chi connectivity index (χ0v) is 18.7. The number of nitrogens with zero attached hydrogens (tertiary/aromatic N) is 3. The van der Waals surface area contributed by atoms with Crippen LogP contribution in [0.4, 0.5) is 0 Å². The van der Waals surface area contributed by atoms with Crippen molar-refractivity contribution in [2.75, 3.05) is 18.9 Å². The molecule has 0 aliphatic rings. The fourth-order valence-electron chi connectivity index (χ4n) is 2.65. The lowest BCUT2D eigenvalue weighted by Crippen LogP contribution is -2.25. The van der Waals surface area contributed by atoms with Crippen LogP contribution in [0.5, 0.6) is 11.5 Å². The minimum absolute atomic E-state index is 0.109. The molecule has 0 radical (unpaired) electrons. The molecular formula is C22H23ClN4O3S. The summed E-state index contributed by atoms with van der Waals surface area (Å²) in [4.78, 5) is 12.0. The number of thioether (sulfide) groups is 1. The van der Waals surface area contributed by atoms with Gasteiger partial charge in [0.05, 0.1) is 12.4 Å². The molecule has 1 N–H and O–H groups in total. The Morgan fingerprint density at radius 1 is 1.13 bits per heavy atom. The number of ether oxygens (including phenoxy) is 2. The van der Waals surface area contributed by atoms with E-state index in [4.69, 9.17) is 21.1 Å². The van der Waals surface area contributed by atoms with E-state index in [2.05, 4.69) is 22.1 Å². The lowest BCUT2D eigenvalue weighted by molar-refractivity contribution is -0.118. The van der Waals surface area contributed by atoms with Crippen LogP contribution < -0.4 is 14.8 Å². The van der Waals surface area contributed by atoms with Crippen molar-refractivity contribution < 1.29 is 14.3 Å². The van der Waals surface area contributed by atoms with Crippen molar-refractivity contribution in [2.45, 2.75) is 18.7 Å². The Morgan fingerprint density at radius 2 is 1.81 bits per heavy atom. The predicted molar refractivity (Wildman–Crippen MR) is 122 cm³/mol. The van der Waals surface area contributed by atoms with E-state index in [0.29, 0.717) is 34.9 Å². The zero-order chi connectivity index (χ0) is 22.1. The minimum Gasteiger partial charge on any atom is -0.494 e. The number of rotatable bonds is 11. The number of halogens is 1. The molecule has 3 rings (SSSR count). The first-order valence-corrected chi connectivity index (χ1v) is 11.0. The molecular weight excluding hydrogens is 436 g/mol. The Kier molecular flexibility index (Phi) is 8.37. The van der Waals surface area contributed by atoms with E-state index < -0.39 is 0 Å². The highest BCUT2D eigenvalue weighted by atomic mass is 35.5. The Hall–Kier alpha value is -2.97. The molecule has 0 spiro atoms. The standard InChI is InChI=1S/C22H23ClN4O3S/c1-3-13-24-21(28)15-31-22-26-25-20(27(22)17-7-5-16(23)6-8-17)14-30-19-11-9-18(10-12-19)29-4-2/h3,5-12H,1,4,13-15H2,2H3,(H,24,28). The predicted octanol–water partition coefficient (Wildman–Crippen LogP) is 4.29. The molecule has 0 atom stereocenters. The van der Waals surface area contributed by atoms with Crippen LogP contribution in [0.25, 0.3) is 5.69 Å². The monoisotopic (exact) mass is 458 g/mol. The summed E-state index contributed by atoms with van der Waals surface area (Å²) in [6.07, 6.45) is 1.63. The molecule has 7 nitrogen and oxygen atoms in total. The third-order valence-corrected chi connectivity index (χ3v) is 5.24. The van der Waals surface area contributed by atoms with Gasteiger partial charge in [0.25, 0.3) is 0 Å². The van der Waals surface area contributed by atoms with Gasteiger partial charge in [-0.25, -0.2) is 0 Å². The molecule has 0 saturated carbocycles. The topological polar surface area (TPSA) is 78.3 Å². The van der Waals surface area contributed by atoms with Crippen molar-refractivity contribution in [3.63, 3.8) is 0 Å². The first-order chi connectivity index (χ1) is 15.1. The molecule has 1 aromatic heterocycles. The molecule has 0 aliphatic carbocycles. The van der Waals surface area contributed by atoms with Crippen LogP contribution in [0.3, 0.4) is 0 Å². The summed E-state index contributed by atoms with van der Waals surface area (Å²) < 4.78 is 13.2. The molecule has 1 amide bonds. The quantitative estimate of drug-likeness (QED) is 0.341. The van der Waals surface area contributed by atoms with Crippen LogP contribution in [-0.4, -0.2) is 39.6 Å². The van der Waals surface area contributed by atoms with Gasteiger partial charge in [0.2, 0.25) is 5.91 Å². The largest absolute Gasteiger partial charge is 0.494 e. The summed E-state index contributed by atoms with van der Waals surface area (Å²) >= 11 is 7.33.